The first-order valence-electron chi connectivity index (χ1n) is 11.7. The maximum Gasteiger partial charge on any atom is 0.407 e. The first-order chi connectivity index (χ1) is 17.3. The van der Waals surface area contributed by atoms with Crippen molar-refractivity contribution < 1.29 is 50.5 Å². The number of allylic oxidation sites excluding steroid dienone is 2. The lowest BCUT2D eigenvalue weighted by atomic mass is 10.1. The Labute approximate surface area is 204 Å². The van der Waals surface area contributed by atoms with E-state index in [1.807, 2.05) is 0 Å². The van der Waals surface area contributed by atoms with Crippen LogP contribution >= 0.6 is 0 Å². The van der Waals surface area contributed by atoms with E-state index in [0.29, 0.717) is 24.4 Å². The van der Waals surface area contributed by atoms with Crippen molar-refractivity contribution >= 4 is 12.1 Å². The fourth-order valence-electron chi connectivity index (χ4n) is 4.21. The third-order valence-corrected chi connectivity index (χ3v) is 6.14. The molecule has 3 atom stereocenters. The molecule has 1 unspecified atom stereocenters. The molecule has 1 aromatic rings. The predicted octanol–water partition coefficient (Wildman–Crippen LogP) is 4.43. The number of hydrogen-bond donors (Lipinski definition) is 1. The summed E-state index contributed by atoms with van der Waals surface area (Å²) in [5.74, 6) is -12.4. The van der Waals surface area contributed by atoms with Gasteiger partial charge in [-0.25, -0.2) is 18.0 Å². The van der Waals surface area contributed by atoms with Crippen LogP contribution in [0.25, 0.3) is 0 Å². The Morgan fingerprint density at radius 3 is 1.97 bits per heavy atom. The van der Waals surface area contributed by atoms with Gasteiger partial charge in [0.05, 0.1) is 39.5 Å². The second kappa shape index (κ2) is 13.5. The first-order valence-corrected chi connectivity index (χ1v) is 11.7. The molecule has 2 aliphatic rings. The molecular formula is C24H28F5NO6. The number of alkyl carbamates (subject to hydrolysis) is 1. The van der Waals surface area contributed by atoms with E-state index in [2.05, 4.69) is 22.2 Å². The van der Waals surface area contributed by atoms with Gasteiger partial charge in [0.1, 0.15) is 0 Å². The zero-order chi connectivity index (χ0) is 26.1. The van der Waals surface area contributed by atoms with Gasteiger partial charge in [0.25, 0.3) is 0 Å². The molecule has 3 rings (SSSR count). The summed E-state index contributed by atoms with van der Waals surface area (Å²) in [6, 6.07) is 0. The summed E-state index contributed by atoms with van der Waals surface area (Å²) >= 11 is 0. The van der Waals surface area contributed by atoms with Crippen LogP contribution in [0.5, 0.6) is 5.75 Å². The number of ether oxygens (including phenoxy) is 4. The lowest BCUT2D eigenvalue weighted by Gasteiger charge is -2.09. The van der Waals surface area contributed by atoms with Gasteiger partial charge in [-0.3, -0.25) is 4.79 Å². The van der Waals surface area contributed by atoms with Crippen LogP contribution in [-0.2, 0) is 19.0 Å². The topological polar surface area (TPSA) is 83.1 Å². The number of carbonyl (C=O) groups is 2. The Kier molecular flexibility index (Phi) is 10.5. The second-order valence-electron chi connectivity index (χ2n) is 8.49. The molecule has 0 bridgehead atoms. The van der Waals surface area contributed by atoms with Crippen molar-refractivity contribution in [1.29, 1.82) is 0 Å². The second-order valence-corrected chi connectivity index (χ2v) is 8.49. The highest BCUT2D eigenvalue weighted by atomic mass is 19.2. The molecule has 7 nitrogen and oxygen atoms in total. The standard InChI is InChI=1S/C24H28F5NO6/c25-18-19(26)21(28)23(22(29)20(18)27)36-17(31)7-9-33-11-12-34-10-8-30-24(32)35-13-16-14-5-3-1-2-4-6-15(14)16/h1-2,14-16H,3-13H2,(H,30,32)/t14-,15+,16?. The van der Waals surface area contributed by atoms with Crippen molar-refractivity contribution in [3.05, 3.63) is 41.2 Å². The van der Waals surface area contributed by atoms with Crippen LogP contribution in [0.2, 0.25) is 0 Å². The minimum absolute atomic E-state index is 0.0551. The molecular weight excluding hydrogens is 493 g/mol. The fourth-order valence-corrected chi connectivity index (χ4v) is 4.21. The molecule has 0 spiro atoms. The molecule has 0 aromatic heterocycles. The predicted molar refractivity (Wildman–Crippen MR) is 116 cm³/mol. The van der Waals surface area contributed by atoms with Crippen LogP contribution in [-0.4, -0.2) is 51.6 Å². The number of hydrogen-bond acceptors (Lipinski definition) is 6. The van der Waals surface area contributed by atoms with Crippen LogP contribution in [0.4, 0.5) is 26.7 Å². The van der Waals surface area contributed by atoms with Gasteiger partial charge in [-0.2, -0.15) is 8.78 Å². The highest BCUT2D eigenvalue weighted by molar-refractivity contribution is 5.72. The zero-order valence-electron chi connectivity index (χ0n) is 19.5. The minimum atomic E-state index is -2.35. The molecule has 200 valence electrons. The first kappa shape index (κ1) is 27.9. The van der Waals surface area contributed by atoms with Gasteiger partial charge in [0.2, 0.25) is 34.8 Å². The van der Waals surface area contributed by atoms with E-state index >= 15 is 0 Å². The number of esters is 1. The summed E-state index contributed by atoms with van der Waals surface area (Å²) in [6.45, 7) is 0.794. The minimum Gasteiger partial charge on any atom is -0.449 e. The average molecular weight is 521 g/mol. The van der Waals surface area contributed by atoms with Gasteiger partial charge in [-0.05, 0) is 43.4 Å². The Balaban J connectivity index is 1.18. The maximum atomic E-state index is 13.5. The number of carbonyl (C=O) groups excluding carboxylic acids is 2. The lowest BCUT2D eigenvalue weighted by molar-refractivity contribution is -0.136. The fraction of sp³-hybridized carbons (Fsp3) is 0.583. The van der Waals surface area contributed by atoms with Crippen LogP contribution in [0.3, 0.4) is 0 Å². The van der Waals surface area contributed by atoms with E-state index in [0.717, 1.165) is 25.7 Å². The maximum absolute atomic E-state index is 13.5. The normalized spacial score (nSPS) is 20.8. The van der Waals surface area contributed by atoms with Crippen LogP contribution in [0.1, 0.15) is 32.1 Å². The number of benzene rings is 1. The Morgan fingerprint density at radius 1 is 0.806 bits per heavy atom. The summed E-state index contributed by atoms with van der Waals surface area (Å²) in [4.78, 5) is 23.4. The van der Waals surface area contributed by atoms with E-state index in [1.54, 1.807) is 0 Å². The average Bonchev–Trinajstić information content (AvgIpc) is 3.50. The van der Waals surface area contributed by atoms with Gasteiger partial charge in [0.15, 0.2) is 0 Å². The summed E-state index contributed by atoms with van der Waals surface area (Å²) in [5, 5.41) is 2.59. The van der Waals surface area contributed by atoms with E-state index in [-0.39, 0.29) is 33.0 Å². The lowest BCUT2D eigenvalue weighted by Crippen LogP contribution is -2.29. The van der Waals surface area contributed by atoms with Crippen molar-refractivity contribution in [1.82, 2.24) is 5.32 Å². The SMILES string of the molecule is O=C(CCOCCOCCNC(=O)OCC1[C@H]2CCC=CCC[C@@H]12)Oc1c(F)c(F)c(F)c(F)c1F. The van der Waals surface area contributed by atoms with Crippen molar-refractivity contribution in [2.75, 3.05) is 39.6 Å². The van der Waals surface area contributed by atoms with Crippen LogP contribution < -0.4 is 10.1 Å². The monoisotopic (exact) mass is 521 g/mol. The highest BCUT2D eigenvalue weighted by Gasteiger charge is 2.49. The largest absolute Gasteiger partial charge is 0.449 e. The van der Waals surface area contributed by atoms with Crippen molar-refractivity contribution in [2.24, 2.45) is 17.8 Å². The van der Waals surface area contributed by atoms with Gasteiger partial charge in [0, 0.05) is 6.54 Å². The summed E-state index contributed by atoms with van der Waals surface area (Å²) in [7, 11) is 0. The molecule has 1 N–H and O–H groups in total. The summed E-state index contributed by atoms with van der Waals surface area (Å²) < 4.78 is 86.1. The number of halogens is 5. The van der Waals surface area contributed by atoms with E-state index < -0.39 is 53.3 Å². The molecule has 0 heterocycles. The molecule has 12 heteroatoms. The molecule has 0 radical (unpaired) electrons. The molecule has 36 heavy (non-hydrogen) atoms. The van der Waals surface area contributed by atoms with Gasteiger partial charge in [-0.15, -0.1) is 0 Å². The number of fused-ring (bicyclic) bond motifs is 1. The number of rotatable bonds is 12. The molecule has 0 saturated heterocycles. The molecule has 1 aromatic carbocycles. The Bertz CT molecular complexity index is 914. The summed E-state index contributed by atoms with van der Waals surface area (Å²) in [6.07, 6.45) is 7.86. The molecule has 1 fully saturated rings. The third-order valence-electron chi connectivity index (χ3n) is 6.14. The molecule has 1 amide bonds. The molecule has 2 aliphatic carbocycles. The van der Waals surface area contributed by atoms with Crippen LogP contribution in [0, 0.1) is 46.8 Å². The molecule has 1 saturated carbocycles. The zero-order valence-corrected chi connectivity index (χ0v) is 19.5. The van der Waals surface area contributed by atoms with E-state index in [1.165, 1.54) is 0 Å². The molecule has 0 aliphatic heterocycles. The smallest absolute Gasteiger partial charge is 0.407 e. The van der Waals surface area contributed by atoms with Gasteiger partial charge in [-0.1, -0.05) is 12.2 Å². The number of nitrogens with one attached hydrogen (secondary N) is 1. The highest BCUT2D eigenvalue weighted by Crippen LogP contribution is 2.52. The van der Waals surface area contributed by atoms with Crippen LogP contribution in [0.15, 0.2) is 12.2 Å². The Morgan fingerprint density at radius 2 is 1.36 bits per heavy atom. The summed E-state index contributed by atoms with van der Waals surface area (Å²) in [5.41, 5.74) is 0. The number of amides is 1. The Hall–Kier alpha value is -2.73. The van der Waals surface area contributed by atoms with Gasteiger partial charge < -0.3 is 24.3 Å². The van der Waals surface area contributed by atoms with Crippen molar-refractivity contribution in [3.63, 3.8) is 0 Å². The van der Waals surface area contributed by atoms with Crippen molar-refractivity contribution in [2.45, 2.75) is 32.1 Å². The van der Waals surface area contributed by atoms with E-state index in [4.69, 9.17) is 14.2 Å². The quantitative estimate of drug-likeness (QED) is 0.0834. The third kappa shape index (κ3) is 7.63. The van der Waals surface area contributed by atoms with Crippen molar-refractivity contribution in [3.8, 4) is 5.75 Å². The van der Waals surface area contributed by atoms with Gasteiger partial charge >= 0.3 is 12.1 Å². The van der Waals surface area contributed by atoms with E-state index in [9.17, 15) is 31.5 Å².